The van der Waals surface area contributed by atoms with Gasteiger partial charge in [0.2, 0.25) is 0 Å². The van der Waals surface area contributed by atoms with Gasteiger partial charge in [0, 0.05) is 15.6 Å². The average molecular weight is 395 g/mol. The molecule has 4 rings (SSSR count). The van der Waals surface area contributed by atoms with E-state index in [-0.39, 0.29) is 5.91 Å². The Bertz CT molecular complexity index is 977. The second-order valence-electron chi connectivity index (χ2n) is 5.84. The fourth-order valence-electron chi connectivity index (χ4n) is 3.06. The lowest BCUT2D eigenvalue weighted by Crippen LogP contribution is -2.20. The number of aromatic nitrogens is 2. The number of benzene rings is 2. The summed E-state index contributed by atoms with van der Waals surface area (Å²) in [6.07, 6.45) is 3.31. The van der Waals surface area contributed by atoms with E-state index in [1.807, 2.05) is 42.5 Å². The van der Waals surface area contributed by atoms with Gasteiger partial charge in [-0.25, -0.2) is 5.43 Å². The van der Waals surface area contributed by atoms with E-state index in [9.17, 15) is 4.79 Å². The summed E-state index contributed by atoms with van der Waals surface area (Å²) < 4.78 is 0.962. The van der Waals surface area contributed by atoms with Gasteiger partial charge in [-0.2, -0.15) is 10.2 Å². The number of nitrogens with one attached hydrogen (secondary N) is 2. The van der Waals surface area contributed by atoms with E-state index in [2.05, 4.69) is 42.7 Å². The maximum atomic E-state index is 12.4. The lowest BCUT2D eigenvalue weighted by Gasteiger charge is -2.15. The van der Waals surface area contributed by atoms with Crippen molar-refractivity contribution in [3.8, 4) is 11.3 Å². The van der Waals surface area contributed by atoms with Gasteiger partial charge >= 0.3 is 0 Å². The summed E-state index contributed by atoms with van der Waals surface area (Å²) in [7, 11) is 0. The van der Waals surface area contributed by atoms with Crippen molar-refractivity contribution in [2.75, 3.05) is 0 Å². The van der Waals surface area contributed by atoms with Gasteiger partial charge in [-0.15, -0.1) is 0 Å². The number of aryl methyl sites for hydroxylation is 1. The van der Waals surface area contributed by atoms with Gasteiger partial charge in [-0.3, -0.25) is 9.89 Å². The van der Waals surface area contributed by atoms with E-state index >= 15 is 0 Å². The summed E-state index contributed by atoms with van der Waals surface area (Å²) in [5.74, 6) is -0.278. The molecule has 0 aliphatic heterocycles. The minimum atomic E-state index is -0.278. The molecule has 0 unspecified atom stereocenters. The molecule has 1 aliphatic rings. The molecule has 0 saturated heterocycles. The number of H-pyrrole nitrogens is 1. The summed E-state index contributed by atoms with van der Waals surface area (Å²) in [5.41, 5.74) is 8.13. The number of fused-ring (bicyclic) bond motifs is 3. The minimum absolute atomic E-state index is 0.278. The lowest BCUT2D eigenvalue weighted by atomic mass is 9.89. The van der Waals surface area contributed by atoms with Crippen LogP contribution < -0.4 is 5.43 Å². The zero-order valence-electron chi connectivity index (χ0n) is 13.3. The first kappa shape index (κ1) is 15.8. The van der Waals surface area contributed by atoms with Crippen molar-refractivity contribution < 1.29 is 4.79 Å². The molecule has 124 valence electrons. The third-order valence-corrected chi connectivity index (χ3v) is 4.73. The van der Waals surface area contributed by atoms with Crippen molar-refractivity contribution in [3.63, 3.8) is 0 Å². The van der Waals surface area contributed by atoms with Gasteiger partial charge in [0.25, 0.3) is 5.91 Å². The Morgan fingerprint density at radius 2 is 2.08 bits per heavy atom. The third-order valence-electron chi connectivity index (χ3n) is 4.24. The predicted molar refractivity (Wildman–Crippen MR) is 101 cm³/mol. The van der Waals surface area contributed by atoms with E-state index in [1.165, 1.54) is 5.56 Å². The van der Waals surface area contributed by atoms with Gasteiger partial charge in [0.05, 0.1) is 11.9 Å². The van der Waals surface area contributed by atoms with Crippen LogP contribution in [-0.4, -0.2) is 22.3 Å². The molecule has 0 spiro atoms. The Labute approximate surface area is 153 Å². The van der Waals surface area contributed by atoms with Gasteiger partial charge < -0.3 is 0 Å². The molecule has 1 aliphatic carbocycles. The normalized spacial score (nSPS) is 12.7. The maximum Gasteiger partial charge on any atom is 0.289 e. The van der Waals surface area contributed by atoms with Crippen LogP contribution in [-0.2, 0) is 12.8 Å². The van der Waals surface area contributed by atoms with Gasteiger partial charge in [0.1, 0.15) is 5.69 Å². The summed E-state index contributed by atoms with van der Waals surface area (Å²) in [4.78, 5) is 12.4. The number of hydrogen-bond donors (Lipinski definition) is 2. The molecule has 0 bridgehead atoms. The highest BCUT2D eigenvalue weighted by atomic mass is 79.9. The number of nitrogens with zero attached hydrogens (tertiary/aromatic N) is 2. The Kier molecular flexibility index (Phi) is 4.19. The Hall–Kier alpha value is -2.73. The molecule has 2 N–H and O–H groups in total. The van der Waals surface area contributed by atoms with Crippen LogP contribution in [0, 0.1) is 0 Å². The third kappa shape index (κ3) is 3.13. The quantitative estimate of drug-likeness (QED) is 0.525. The van der Waals surface area contributed by atoms with Crippen LogP contribution in [0.25, 0.3) is 11.3 Å². The van der Waals surface area contributed by atoms with Crippen LogP contribution in [0.4, 0.5) is 0 Å². The van der Waals surface area contributed by atoms with Crippen LogP contribution in [0.2, 0.25) is 0 Å². The van der Waals surface area contributed by atoms with Crippen molar-refractivity contribution in [2.45, 2.75) is 12.8 Å². The summed E-state index contributed by atoms with van der Waals surface area (Å²) in [6, 6.07) is 15.8. The maximum absolute atomic E-state index is 12.4. The molecule has 0 radical (unpaired) electrons. The summed E-state index contributed by atoms with van der Waals surface area (Å²) in [5, 5.41) is 11.3. The van der Waals surface area contributed by atoms with Gasteiger partial charge in [0.15, 0.2) is 0 Å². The molecule has 25 heavy (non-hydrogen) atoms. The number of halogens is 1. The standard InChI is InChI=1S/C19H15BrN4O/c20-14-6-3-4-12(10-14)11-21-24-19(25)18-16-9-8-13-5-1-2-7-15(13)17(16)22-23-18/h1-7,10-11H,8-9H2,(H,22,23)(H,24,25)/b21-11+. The Balaban J connectivity index is 1.54. The van der Waals surface area contributed by atoms with Crippen molar-refractivity contribution >= 4 is 28.1 Å². The van der Waals surface area contributed by atoms with Crippen LogP contribution >= 0.6 is 15.9 Å². The summed E-state index contributed by atoms with van der Waals surface area (Å²) in [6.45, 7) is 0. The molecule has 1 aromatic heterocycles. The van der Waals surface area contributed by atoms with Crippen molar-refractivity contribution in [1.29, 1.82) is 0 Å². The topological polar surface area (TPSA) is 70.1 Å². The minimum Gasteiger partial charge on any atom is -0.272 e. The zero-order chi connectivity index (χ0) is 17.2. The Morgan fingerprint density at radius 1 is 1.20 bits per heavy atom. The number of rotatable bonds is 3. The molecule has 3 aromatic rings. The molecule has 1 amide bonds. The van der Waals surface area contributed by atoms with E-state index in [0.29, 0.717) is 5.69 Å². The highest BCUT2D eigenvalue weighted by molar-refractivity contribution is 9.10. The molecule has 5 nitrogen and oxygen atoms in total. The average Bonchev–Trinajstić information content (AvgIpc) is 3.06. The molecule has 6 heteroatoms. The fraction of sp³-hybridized carbons (Fsp3) is 0.105. The first-order chi connectivity index (χ1) is 12.2. The van der Waals surface area contributed by atoms with Gasteiger partial charge in [-0.1, -0.05) is 52.3 Å². The van der Waals surface area contributed by atoms with E-state index < -0.39 is 0 Å². The summed E-state index contributed by atoms with van der Waals surface area (Å²) >= 11 is 3.41. The Morgan fingerprint density at radius 3 is 2.96 bits per heavy atom. The number of carbonyl (C=O) groups excluding carboxylic acids is 1. The highest BCUT2D eigenvalue weighted by Crippen LogP contribution is 2.33. The monoisotopic (exact) mass is 394 g/mol. The molecule has 1 heterocycles. The SMILES string of the molecule is O=C(N/N=C/c1cccc(Br)c1)c1[nH]nc2c1CCc1ccccc1-2. The fourth-order valence-corrected chi connectivity index (χ4v) is 3.47. The molecular formula is C19H15BrN4O. The smallest absolute Gasteiger partial charge is 0.272 e. The van der Waals surface area contributed by atoms with Crippen LogP contribution in [0.5, 0.6) is 0 Å². The number of amides is 1. The van der Waals surface area contributed by atoms with Crippen molar-refractivity contribution in [1.82, 2.24) is 15.6 Å². The van der Waals surface area contributed by atoms with E-state index in [0.717, 1.165) is 39.7 Å². The second-order valence-corrected chi connectivity index (χ2v) is 6.75. The van der Waals surface area contributed by atoms with E-state index in [4.69, 9.17) is 0 Å². The molecule has 0 saturated carbocycles. The number of carbonyl (C=O) groups is 1. The van der Waals surface area contributed by atoms with Crippen LogP contribution in [0.1, 0.15) is 27.2 Å². The first-order valence-corrected chi connectivity index (χ1v) is 8.76. The lowest BCUT2D eigenvalue weighted by molar-refractivity contribution is 0.0949. The van der Waals surface area contributed by atoms with Crippen LogP contribution in [0.15, 0.2) is 58.1 Å². The van der Waals surface area contributed by atoms with Crippen molar-refractivity contribution in [2.24, 2.45) is 5.10 Å². The van der Waals surface area contributed by atoms with Gasteiger partial charge in [-0.05, 0) is 36.1 Å². The molecular weight excluding hydrogens is 380 g/mol. The molecule has 0 fully saturated rings. The number of hydrogen-bond acceptors (Lipinski definition) is 3. The van der Waals surface area contributed by atoms with E-state index in [1.54, 1.807) is 6.21 Å². The molecule has 0 atom stereocenters. The molecule has 2 aromatic carbocycles. The first-order valence-electron chi connectivity index (χ1n) is 7.97. The zero-order valence-corrected chi connectivity index (χ0v) is 14.9. The second kappa shape index (κ2) is 6.64. The number of hydrazone groups is 1. The highest BCUT2D eigenvalue weighted by Gasteiger charge is 2.24. The predicted octanol–water partition coefficient (Wildman–Crippen LogP) is 3.70. The number of aromatic amines is 1. The van der Waals surface area contributed by atoms with Crippen LogP contribution in [0.3, 0.4) is 0 Å². The van der Waals surface area contributed by atoms with Crippen molar-refractivity contribution in [3.05, 3.63) is 75.4 Å². The largest absolute Gasteiger partial charge is 0.289 e.